The van der Waals surface area contributed by atoms with Gasteiger partial charge in [0.25, 0.3) is 0 Å². The maximum absolute atomic E-state index is 10.1. The quantitative estimate of drug-likeness (QED) is 0.813. The maximum atomic E-state index is 10.1. The largest absolute Gasteiger partial charge is 0.386 e. The summed E-state index contributed by atoms with van der Waals surface area (Å²) in [6.07, 6.45) is 0.736. The molecule has 1 aliphatic heterocycles. The van der Waals surface area contributed by atoms with Crippen LogP contribution in [0.5, 0.6) is 0 Å². The van der Waals surface area contributed by atoms with Crippen LogP contribution in [-0.4, -0.2) is 37.0 Å². The Morgan fingerprint density at radius 1 is 1.41 bits per heavy atom. The van der Waals surface area contributed by atoms with Gasteiger partial charge in [0.1, 0.15) is 5.60 Å². The van der Waals surface area contributed by atoms with E-state index in [4.69, 9.17) is 4.74 Å². The molecule has 3 nitrogen and oxygen atoms in total. The molecule has 1 heterocycles. The second kappa shape index (κ2) is 5.63. The topological polar surface area (TPSA) is 41.5 Å². The highest BCUT2D eigenvalue weighted by molar-refractivity contribution is 5.18. The van der Waals surface area contributed by atoms with Crippen LogP contribution in [0.2, 0.25) is 0 Å². The minimum atomic E-state index is -0.656. The molecule has 2 unspecified atom stereocenters. The third kappa shape index (κ3) is 3.53. The van der Waals surface area contributed by atoms with Gasteiger partial charge in [0.05, 0.1) is 6.61 Å². The van der Waals surface area contributed by atoms with Crippen molar-refractivity contribution >= 4 is 0 Å². The minimum Gasteiger partial charge on any atom is -0.386 e. The first-order valence-electron chi connectivity index (χ1n) is 6.25. The lowest BCUT2D eigenvalue weighted by molar-refractivity contribution is 0.0270. The fraction of sp³-hybridized carbons (Fsp3) is 0.571. The van der Waals surface area contributed by atoms with Crippen molar-refractivity contribution in [1.29, 1.82) is 0 Å². The Morgan fingerprint density at radius 3 is 2.82 bits per heavy atom. The molecule has 1 aromatic carbocycles. The third-order valence-corrected chi connectivity index (χ3v) is 3.36. The van der Waals surface area contributed by atoms with Gasteiger partial charge in [0.15, 0.2) is 0 Å². The number of hydrogen-bond acceptors (Lipinski definition) is 3. The molecule has 0 bridgehead atoms. The van der Waals surface area contributed by atoms with Crippen LogP contribution in [0.15, 0.2) is 30.3 Å². The van der Waals surface area contributed by atoms with E-state index in [0.717, 1.165) is 13.0 Å². The normalized spacial score (nSPS) is 26.0. The van der Waals surface area contributed by atoms with Gasteiger partial charge in [0.2, 0.25) is 0 Å². The first-order valence-corrected chi connectivity index (χ1v) is 6.25. The Balaban J connectivity index is 1.75. The summed E-state index contributed by atoms with van der Waals surface area (Å²) in [4.78, 5) is 0. The van der Waals surface area contributed by atoms with Crippen LogP contribution in [0.25, 0.3) is 0 Å². The first kappa shape index (κ1) is 12.6. The number of aliphatic hydroxyl groups is 1. The van der Waals surface area contributed by atoms with E-state index in [-0.39, 0.29) is 0 Å². The molecule has 1 saturated heterocycles. The Bertz CT molecular complexity index is 333. The fourth-order valence-electron chi connectivity index (χ4n) is 2.16. The van der Waals surface area contributed by atoms with Gasteiger partial charge >= 0.3 is 0 Å². The lowest BCUT2D eigenvalue weighted by atomic mass is 10.00. The van der Waals surface area contributed by atoms with Crippen LogP contribution in [0.3, 0.4) is 0 Å². The van der Waals surface area contributed by atoms with E-state index in [1.165, 1.54) is 5.56 Å². The Morgan fingerprint density at radius 2 is 2.18 bits per heavy atom. The summed E-state index contributed by atoms with van der Waals surface area (Å²) in [6.45, 7) is 4.82. The molecule has 0 amide bonds. The van der Waals surface area contributed by atoms with Crippen molar-refractivity contribution in [2.75, 3.05) is 26.3 Å². The van der Waals surface area contributed by atoms with E-state index in [9.17, 15) is 5.11 Å². The predicted octanol–water partition coefficient (Wildman–Crippen LogP) is 1.53. The van der Waals surface area contributed by atoms with Crippen LogP contribution in [-0.2, 0) is 4.74 Å². The molecular formula is C14H21NO2. The van der Waals surface area contributed by atoms with Gasteiger partial charge in [-0.2, -0.15) is 0 Å². The van der Waals surface area contributed by atoms with Gasteiger partial charge in [-0.05, 0) is 11.5 Å². The molecule has 0 radical (unpaired) electrons. The lowest BCUT2D eigenvalue weighted by Gasteiger charge is -2.22. The van der Waals surface area contributed by atoms with E-state index in [2.05, 4.69) is 36.5 Å². The highest BCUT2D eigenvalue weighted by atomic mass is 16.5. The van der Waals surface area contributed by atoms with Crippen LogP contribution in [0, 0.1) is 0 Å². The lowest BCUT2D eigenvalue weighted by Crippen LogP contribution is -2.42. The van der Waals surface area contributed by atoms with Crippen LogP contribution in [0.1, 0.15) is 24.8 Å². The summed E-state index contributed by atoms with van der Waals surface area (Å²) in [5.41, 5.74) is 0.672. The number of nitrogens with one attached hydrogen (secondary N) is 1. The van der Waals surface area contributed by atoms with Gasteiger partial charge < -0.3 is 15.2 Å². The van der Waals surface area contributed by atoms with Crippen molar-refractivity contribution in [3.05, 3.63) is 35.9 Å². The number of benzene rings is 1. The third-order valence-electron chi connectivity index (χ3n) is 3.36. The zero-order valence-electron chi connectivity index (χ0n) is 10.4. The van der Waals surface area contributed by atoms with E-state index < -0.39 is 5.60 Å². The molecular weight excluding hydrogens is 214 g/mol. The zero-order valence-corrected chi connectivity index (χ0v) is 10.4. The van der Waals surface area contributed by atoms with E-state index >= 15 is 0 Å². The van der Waals surface area contributed by atoms with Gasteiger partial charge in [-0.1, -0.05) is 37.3 Å². The Kier molecular flexibility index (Phi) is 4.15. The maximum Gasteiger partial charge on any atom is 0.102 e. The summed E-state index contributed by atoms with van der Waals surface area (Å²) in [6, 6.07) is 10.4. The summed E-state index contributed by atoms with van der Waals surface area (Å²) < 4.78 is 5.21. The standard InChI is InChI=1S/C14H21NO2/c1-12(13-5-3-2-4-6-13)9-15-10-14(16)7-8-17-11-14/h2-6,12,15-16H,7-11H2,1H3. The second-order valence-corrected chi connectivity index (χ2v) is 4.97. The SMILES string of the molecule is CC(CNCC1(O)CCOC1)c1ccccc1. The monoisotopic (exact) mass is 235 g/mol. The molecule has 0 saturated carbocycles. The zero-order chi connectivity index (χ0) is 12.1. The van der Waals surface area contributed by atoms with Crippen LogP contribution < -0.4 is 5.32 Å². The van der Waals surface area contributed by atoms with Gasteiger partial charge in [-0.3, -0.25) is 0 Å². The van der Waals surface area contributed by atoms with E-state index in [1.54, 1.807) is 0 Å². The molecule has 0 aromatic heterocycles. The van der Waals surface area contributed by atoms with E-state index in [0.29, 0.717) is 25.7 Å². The van der Waals surface area contributed by atoms with Gasteiger partial charge in [-0.15, -0.1) is 0 Å². The van der Waals surface area contributed by atoms with Crippen LogP contribution >= 0.6 is 0 Å². The summed E-state index contributed by atoms with van der Waals surface area (Å²) in [5, 5.41) is 13.4. The minimum absolute atomic E-state index is 0.458. The molecule has 1 aromatic rings. The molecule has 2 N–H and O–H groups in total. The van der Waals surface area contributed by atoms with Crippen molar-refractivity contribution in [3.8, 4) is 0 Å². The number of hydrogen-bond donors (Lipinski definition) is 2. The van der Waals surface area contributed by atoms with Crippen molar-refractivity contribution < 1.29 is 9.84 Å². The summed E-state index contributed by atoms with van der Waals surface area (Å²) in [5.74, 6) is 0.460. The van der Waals surface area contributed by atoms with Crippen molar-refractivity contribution in [1.82, 2.24) is 5.32 Å². The molecule has 2 rings (SSSR count). The number of ether oxygens (including phenoxy) is 1. The molecule has 17 heavy (non-hydrogen) atoms. The molecule has 94 valence electrons. The average molecular weight is 235 g/mol. The molecule has 2 atom stereocenters. The Hall–Kier alpha value is -0.900. The van der Waals surface area contributed by atoms with Crippen molar-refractivity contribution in [3.63, 3.8) is 0 Å². The molecule has 1 aliphatic rings. The Labute approximate surface area is 103 Å². The summed E-state index contributed by atoms with van der Waals surface area (Å²) >= 11 is 0. The fourth-order valence-corrected chi connectivity index (χ4v) is 2.16. The molecule has 0 aliphatic carbocycles. The highest BCUT2D eigenvalue weighted by Crippen LogP contribution is 2.18. The van der Waals surface area contributed by atoms with Crippen LogP contribution in [0.4, 0.5) is 0 Å². The van der Waals surface area contributed by atoms with Gasteiger partial charge in [0, 0.05) is 26.1 Å². The van der Waals surface area contributed by atoms with Crippen molar-refractivity contribution in [2.24, 2.45) is 0 Å². The van der Waals surface area contributed by atoms with Gasteiger partial charge in [-0.25, -0.2) is 0 Å². The highest BCUT2D eigenvalue weighted by Gasteiger charge is 2.31. The molecule has 1 fully saturated rings. The smallest absolute Gasteiger partial charge is 0.102 e. The number of rotatable bonds is 5. The molecule has 0 spiro atoms. The average Bonchev–Trinajstić information content (AvgIpc) is 2.77. The molecule has 3 heteroatoms. The second-order valence-electron chi connectivity index (χ2n) is 4.97. The summed E-state index contributed by atoms with van der Waals surface area (Å²) in [7, 11) is 0. The predicted molar refractivity (Wildman–Crippen MR) is 68.1 cm³/mol. The first-order chi connectivity index (χ1) is 8.20. The van der Waals surface area contributed by atoms with E-state index in [1.807, 2.05) is 6.07 Å². The van der Waals surface area contributed by atoms with Crippen molar-refractivity contribution in [2.45, 2.75) is 24.9 Å².